The third-order valence-electron chi connectivity index (χ3n) is 4.68. The van der Waals surface area contributed by atoms with E-state index in [1.54, 1.807) is 6.07 Å². The summed E-state index contributed by atoms with van der Waals surface area (Å²) >= 11 is 0. The molecule has 1 aromatic carbocycles. The second kappa shape index (κ2) is 6.63. The van der Waals surface area contributed by atoms with Crippen LogP contribution in [-0.2, 0) is 6.42 Å². The van der Waals surface area contributed by atoms with Crippen molar-refractivity contribution < 1.29 is 9.21 Å². The number of imidazole rings is 1. The van der Waals surface area contributed by atoms with Crippen molar-refractivity contribution in [1.82, 2.24) is 14.9 Å². The van der Waals surface area contributed by atoms with Crippen molar-refractivity contribution >= 4 is 22.9 Å². The number of amides is 1. The zero-order valence-corrected chi connectivity index (χ0v) is 14.4. The van der Waals surface area contributed by atoms with Crippen LogP contribution in [0.3, 0.4) is 0 Å². The molecule has 0 aliphatic carbocycles. The van der Waals surface area contributed by atoms with Crippen molar-refractivity contribution in [2.75, 3.05) is 31.1 Å². The Morgan fingerprint density at radius 3 is 2.84 bits per heavy atom. The van der Waals surface area contributed by atoms with Crippen LogP contribution in [0.2, 0.25) is 0 Å². The lowest BCUT2D eigenvalue weighted by Crippen LogP contribution is -2.35. The normalized spacial score (nSPS) is 15.6. The van der Waals surface area contributed by atoms with Crippen LogP contribution in [0, 0.1) is 0 Å². The lowest BCUT2D eigenvalue weighted by atomic mass is 10.3. The second-order valence-corrected chi connectivity index (χ2v) is 6.33. The Bertz CT molecular complexity index is 849. The number of nitrogens with one attached hydrogen (secondary N) is 1. The Morgan fingerprint density at radius 2 is 2.04 bits per heavy atom. The summed E-state index contributed by atoms with van der Waals surface area (Å²) in [5, 5.41) is 0. The van der Waals surface area contributed by atoms with E-state index in [1.807, 2.05) is 42.2 Å². The number of hydrogen-bond acceptors (Lipinski definition) is 4. The molecule has 0 saturated carbocycles. The Kier molecular flexibility index (Phi) is 4.17. The van der Waals surface area contributed by atoms with E-state index in [-0.39, 0.29) is 5.91 Å². The van der Waals surface area contributed by atoms with Gasteiger partial charge in [0.2, 0.25) is 5.95 Å². The molecule has 6 heteroatoms. The van der Waals surface area contributed by atoms with Crippen LogP contribution >= 0.6 is 0 Å². The number of fused-ring (bicyclic) bond motifs is 1. The number of furan rings is 1. The lowest BCUT2D eigenvalue weighted by Gasteiger charge is -2.21. The first-order valence-corrected chi connectivity index (χ1v) is 8.82. The summed E-state index contributed by atoms with van der Waals surface area (Å²) in [7, 11) is 0. The third kappa shape index (κ3) is 3.12. The molecular formula is C19H22N4O2. The molecule has 130 valence electrons. The standard InChI is InChI=1S/C19H22N4O2/c1-2-14-8-9-17(25-14)18(24)22-10-5-11-23(13-12-22)19-20-15-6-3-4-7-16(15)21-19/h3-4,6-9H,2,5,10-13H2,1H3,(H,20,21). The van der Waals surface area contributed by atoms with Gasteiger partial charge in [0, 0.05) is 32.6 Å². The molecule has 0 radical (unpaired) electrons. The van der Waals surface area contributed by atoms with E-state index in [9.17, 15) is 4.79 Å². The maximum absolute atomic E-state index is 12.7. The Hall–Kier alpha value is -2.76. The van der Waals surface area contributed by atoms with E-state index < -0.39 is 0 Å². The van der Waals surface area contributed by atoms with Crippen LogP contribution in [0.25, 0.3) is 11.0 Å². The van der Waals surface area contributed by atoms with Crippen LogP contribution < -0.4 is 4.90 Å². The van der Waals surface area contributed by atoms with Crippen LogP contribution in [0.4, 0.5) is 5.95 Å². The molecule has 1 N–H and O–H groups in total. The van der Waals surface area contributed by atoms with E-state index >= 15 is 0 Å². The van der Waals surface area contributed by atoms with E-state index in [4.69, 9.17) is 4.42 Å². The quantitative estimate of drug-likeness (QED) is 0.797. The fourth-order valence-electron chi connectivity index (χ4n) is 3.26. The predicted octanol–water partition coefficient (Wildman–Crippen LogP) is 3.07. The van der Waals surface area contributed by atoms with Gasteiger partial charge < -0.3 is 19.2 Å². The van der Waals surface area contributed by atoms with Crippen LogP contribution in [0.5, 0.6) is 0 Å². The van der Waals surface area contributed by atoms with Gasteiger partial charge in [0.05, 0.1) is 11.0 Å². The van der Waals surface area contributed by atoms with Gasteiger partial charge in [-0.15, -0.1) is 0 Å². The number of aromatic amines is 1. The number of benzene rings is 1. The van der Waals surface area contributed by atoms with Gasteiger partial charge >= 0.3 is 0 Å². The minimum Gasteiger partial charge on any atom is -0.456 e. The monoisotopic (exact) mass is 338 g/mol. The molecule has 1 aliphatic heterocycles. The first-order valence-electron chi connectivity index (χ1n) is 8.82. The first-order chi connectivity index (χ1) is 12.2. The summed E-state index contributed by atoms with van der Waals surface area (Å²) in [6.45, 7) is 5.05. The van der Waals surface area contributed by atoms with Crippen molar-refractivity contribution in [3.63, 3.8) is 0 Å². The molecule has 0 bridgehead atoms. The molecule has 1 aliphatic rings. The maximum atomic E-state index is 12.7. The molecule has 1 fully saturated rings. The van der Waals surface area contributed by atoms with Crippen molar-refractivity contribution in [1.29, 1.82) is 0 Å². The number of hydrogen-bond donors (Lipinski definition) is 1. The van der Waals surface area contributed by atoms with Crippen molar-refractivity contribution in [3.8, 4) is 0 Å². The van der Waals surface area contributed by atoms with Crippen LogP contribution in [-0.4, -0.2) is 47.0 Å². The number of anilines is 1. The molecule has 2 aromatic heterocycles. The predicted molar refractivity (Wildman–Crippen MR) is 96.9 cm³/mol. The molecule has 1 saturated heterocycles. The van der Waals surface area contributed by atoms with Gasteiger partial charge in [-0.05, 0) is 30.7 Å². The number of H-pyrrole nitrogens is 1. The zero-order chi connectivity index (χ0) is 17.2. The van der Waals surface area contributed by atoms with Gasteiger partial charge in [-0.2, -0.15) is 0 Å². The summed E-state index contributed by atoms with van der Waals surface area (Å²) in [6.07, 6.45) is 1.71. The largest absolute Gasteiger partial charge is 0.456 e. The highest BCUT2D eigenvalue weighted by Crippen LogP contribution is 2.19. The van der Waals surface area contributed by atoms with Crippen LogP contribution in [0.15, 0.2) is 40.8 Å². The number of nitrogens with zero attached hydrogens (tertiary/aromatic N) is 3. The highest BCUT2D eigenvalue weighted by molar-refractivity contribution is 5.91. The SMILES string of the molecule is CCc1ccc(C(=O)N2CCCN(c3nc4ccccc4[nH]3)CC2)o1. The van der Waals surface area contributed by atoms with E-state index in [0.717, 1.165) is 55.2 Å². The molecule has 3 heterocycles. The van der Waals surface area contributed by atoms with Gasteiger partial charge in [-0.1, -0.05) is 19.1 Å². The number of carbonyl (C=O) groups is 1. The Morgan fingerprint density at radius 1 is 1.16 bits per heavy atom. The van der Waals surface area contributed by atoms with Crippen molar-refractivity contribution in [3.05, 3.63) is 47.9 Å². The summed E-state index contributed by atoms with van der Waals surface area (Å²) < 4.78 is 5.62. The molecule has 25 heavy (non-hydrogen) atoms. The second-order valence-electron chi connectivity index (χ2n) is 6.33. The first kappa shape index (κ1) is 15.7. The summed E-state index contributed by atoms with van der Waals surface area (Å²) in [4.78, 5) is 24.8. The van der Waals surface area contributed by atoms with Gasteiger partial charge in [0.25, 0.3) is 5.91 Å². The number of para-hydroxylation sites is 2. The average Bonchev–Trinajstić information content (AvgIpc) is 3.22. The molecule has 3 aromatic rings. The lowest BCUT2D eigenvalue weighted by molar-refractivity contribution is 0.0733. The minimum atomic E-state index is -0.0221. The highest BCUT2D eigenvalue weighted by atomic mass is 16.4. The third-order valence-corrected chi connectivity index (χ3v) is 4.68. The van der Waals surface area contributed by atoms with Gasteiger partial charge in [-0.3, -0.25) is 4.79 Å². The molecule has 6 nitrogen and oxygen atoms in total. The molecule has 0 unspecified atom stereocenters. The van der Waals surface area contributed by atoms with E-state index in [2.05, 4.69) is 14.9 Å². The molecule has 0 atom stereocenters. The minimum absolute atomic E-state index is 0.0221. The number of carbonyl (C=O) groups excluding carboxylic acids is 1. The number of aromatic nitrogens is 2. The van der Waals surface area contributed by atoms with Gasteiger partial charge in [-0.25, -0.2) is 4.98 Å². The average molecular weight is 338 g/mol. The summed E-state index contributed by atoms with van der Waals surface area (Å²) in [6, 6.07) is 11.7. The van der Waals surface area contributed by atoms with Gasteiger partial charge in [0.1, 0.15) is 5.76 Å². The number of rotatable bonds is 3. The zero-order valence-electron chi connectivity index (χ0n) is 14.4. The van der Waals surface area contributed by atoms with Gasteiger partial charge in [0.15, 0.2) is 5.76 Å². The van der Waals surface area contributed by atoms with E-state index in [1.165, 1.54) is 0 Å². The summed E-state index contributed by atoms with van der Waals surface area (Å²) in [5.41, 5.74) is 2.01. The Balaban J connectivity index is 1.47. The molecular weight excluding hydrogens is 316 g/mol. The maximum Gasteiger partial charge on any atom is 0.289 e. The Labute approximate surface area is 146 Å². The smallest absolute Gasteiger partial charge is 0.289 e. The highest BCUT2D eigenvalue weighted by Gasteiger charge is 2.23. The topological polar surface area (TPSA) is 65.4 Å². The van der Waals surface area contributed by atoms with Crippen molar-refractivity contribution in [2.24, 2.45) is 0 Å². The molecule has 0 spiro atoms. The molecule has 1 amide bonds. The summed E-state index contributed by atoms with van der Waals surface area (Å²) in [5.74, 6) is 2.14. The van der Waals surface area contributed by atoms with Crippen LogP contribution in [0.1, 0.15) is 29.7 Å². The fraction of sp³-hybridized carbons (Fsp3) is 0.368. The fourth-order valence-corrected chi connectivity index (χ4v) is 3.26. The van der Waals surface area contributed by atoms with Crippen molar-refractivity contribution in [2.45, 2.75) is 19.8 Å². The molecule has 4 rings (SSSR count). The van der Waals surface area contributed by atoms with E-state index in [0.29, 0.717) is 12.3 Å². The number of aryl methyl sites for hydroxylation is 1.